The fourth-order valence-electron chi connectivity index (χ4n) is 1.81. The molecule has 0 spiro atoms. The van der Waals surface area contributed by atoms with Crippen LogP contribution in [0.5, 0.6) is 5.75 Å². The van der Waals surface area contributed by atoms with E-state index in [1.54, 1.807) is 0 Å². The number of hydrogen-bond acceptors (Lipinski definition) is 2. The number of terminal acetylenes is 1. The van der Waals surface area contributed by atoms with Crippen LogP contribution in [-0.2, 0) is 0 Å². The van der Waals surface area contributed by atoms with Crippen molar-refractivity contribution >= 4 is 0 Å². The van der Waals surface area contributed by atoms with Gasteiger partial charge in [-0.2, -0.15) is 0 Å². The highest BCUT2D eigenvalue weighted by atomic mass is 16.5. The van der Waals surface area contributed by atoms with Crippen LogP contribution >= 0.6 is 0 Å². The molecule has 1 aromatic rings. The SMILES string of the molecule is C#CCOc1ccccc1C(CC)NCCC. The Morgan fingerprint density at radius 3 is 2.76 bits per heavy atom. The molecule has 0 saturated heterocycles. The average Bonchev–Trinajstić information content (AvgIpc) is 2.38. The minimum absolute atomic E-state index is 0.321. The lowest BCUT2D eigenvalue weighted by atomic mass is 10.0. The minimum Gasteiger partial charge on any atom is -0.481 e. The van der Waals surface area contributed by atoms with Crippen molar-refractivity contribution in [3.05, 3.63) is 29.8 Å². The normalized spacial score (nSPS) is 11.8. The molecule has 17 heavy (non-hydrogen) atoms. The predicted molar refractivity (Wildman–Crippen MR) is 72.1 cm³/mol. The van der Waals surface area contributed by atoms with Gasteiger partial charge in [0.25, 0.3) is 0 Å². The maximum Gasteiger partial charge on any atom is 0.148 e. The average molecular weight is 231 g/mol. The largest absolute Gasteiger partial charge is 0.481 e. The minimum atomic E-state index is 0.321. The maximum absolute atomic E-state index is 5.57. The Bertz CT molecular complexity index is 367. The molecule has 0 aliphatic rings. The molecule has 1 N–H and O–H groups in total. The summed E-state index contributed by atoms with van der Waals surface area (Å²) in [4.78, 5) is 0. The molecule has 1 atom stereocenters. The molecule has 1 aromatic carbocycles. The number of nitrogens with one attached hydrogen (secondary N) is 1. The maximum atomic E-state index is 5.57. The van der Waals surface area contributed by atoms with Crippen LogP contribution < -0.4 is 10.1 Å². The highest BCUT2D eigenvalue weighted by Crippen LogP contribution is 2.26. The van der Waals surface area contributed by atoms with Crippen molar-refractivity contribution in [3.8, 4) is 18.1 Å². The van der Waals surface area contributed by atoms with Crippen LogP contribution in [0.3, 0.4) is 0 Å². The molecule has 0 fully saturated rings. The molecule has 2 nitrogen and oxygen atoms in total. The van der Waals surface area contributed by atoms with Gasteiger partial charge in [-0.25, -0.2) is 0 Å². The summed E-state index contributed by atoms with van der Waals surface area (Å²) in [5, 5.41) is 3.52. The van der Waals surface area contributed by atoms with E-state index in [4.69, 9.17) is 11.2 Å². The van der Waals surface area contributed by atoms with E-state index in [9.17, 15) is 0 Å². The van der Waals surface area contributed by atoms with Crippen LogP contribution in [0.2, 0.25) is 0 Å². The first kappa shape index (κ1) is 13.6. The Kier molecular flexibility index (Phi) is 6.21. The summed E-state index contributed by atoms with van der Waals surface area (Å²) in [6, 6.07) is 8.42. The van der Waals surface area contributed by atoms with Gasteiger partial charge in [0.05, 0.1) is 0 Å². The van der Waals surface area contributed by atoms with Crippen molar-refractivity contribution in [1.82, 2.24) is 5.32 Å². The third-order valence-electron chi connectivity index (χ3n) is 2.65. The van der Waals surface area contributed by atoms with Crippen LogP contribution in [-0.4, -0.2) is 13.2 Å². The molecule has 0 amide bonds. The standard InChI is InChI=1S/C15H21NO/c1-4-11-16-14(6-3)13-9-7-8-10-15(13)17-12-5-2/h2,7-10,14,16H,4,6,11-12H2,1,3H3. The molecule has 1 unspecified atom stereocenters. The molecule has 92 valence electrons. The van der Waals surface area contributed by atoms with Gasteiger partial charge in [-0.3, -0.25) is 0 Å². The smallest absolute Gasteiger partial charge is 0.148 e. The van der Waals surface area contributed by atoms with E-state index in [0.717, 1.165) is 25.1 Å². The molecule has 0 aliphatic carbocycles. The monoisotopic (exact) mass is 231 g/mol. The molecule has 0 aromatic heterocycles. The summed E-state index contributed by atoms with van der Waals surface area (Å²) in [6.45, 7) is 5.68. The fraction of sp³-hybridized carbons (Fsp3) is 0.467. The van der Waals surface area contributed by atoms with Gasteiger partial charge in [0.2, 0.25) is 0 Å². The van der Waals surface area contributed by atoms with Crippen molar-refractivity contribution in [2.24, 2.45) is 0 Å². The third-order valence-corrected chi connectivity index (χ3v) is 2.65. The lowest BCUT2D eigenvalue weighted by Crippen LogP contribution is -2.22. The second-order valence-corrected chi connectivity index (χ2v) is 3.95. The zero-order valence-corrected chi connectivity index (χ0v) is 10.7. The molecule has 1 rings (SSSR count). The van der Waals surface area contributed by atoms with Crippen molar-refractivity contribution < 1.29 is 4.74 Å². The first-order valence-electron chi connectivity index (χ1n) is 6.22. The van der Waals surface area contributed by atoms with E-state index >= 15 is 0 Å². The Labute approximate surface area is 104 Å². The van der Waals surface area contributed by atoms with Crippen LogP contribution in [0, 0.1) is 12.3 Å². The topological polar surface area (TPSA) is 21.3 Å². The van der Waals surface area contributed by atoms with Crippen molar-refractivity contribution in [3.63, 3.8) is 0 Å². The van der Waals surface area contributed by atoms with Gasteiger partial charge in [0.15, 0.2) is 0 Å². The summed E-state index contributed by atoms with van der Waals surface area (Å²) in [6.07, 6.45) is 7.39. The van der Waals surface area contributed by atoms with Gasteiger partial charge in [0.1, 0.15) is 12.4 Å². The molecular formula is C15H21NO. The summed E-state index contributed by atoms with van der Waals surface area (Å²) >= 11 is 0. The molecular weight excluding hydrogens is 210 g/mol. The zero-order chi connectivity index (χ0) is 12.5. The quantitative estimate of drug-likeness (QED) is 0.728. The highest BCUT2D eigenvalue weighted by Gasteiger charge is 2.12. The molecule has 0 aliphatic heterocycles. The number of para-hydroxylation sites is 1. The van der Waals surface area contributed by atoms with E-state index < -0.39 is 0 Å². The Morgan fingerprint density at radius 2 is 2.12 bits per heavy atom. The van der Waals surface area contributed by atoms with Gasteiger partial charge in [-0.1, -0.05) is 38.0 Å². The molecule has 0 heterocycles. The van der Waals surface area contributed by atoms with Crippen molar-refractivity contribution in [2.75, 3.05) is 13.2 Å². The van der Waals surface area contributed by atoms with Gasteiger partial charge < -0.3 is 10.1 Å². The van der Waals surface area contributed by atoms with Crippen LogP contribution in [0.15, 0.2) is 24.3 Å². The lowest BCUT2D eigenvalue weighted by molar-refractivity contribution is 0.358. The van der Waals surface area contributed by atoms with Crippen molar-refractivity contribution in [1.29, 1.82) is 0 Å². The third kappa shape index (κ3) is 4.13. The Balaban J connectivity index is 2.82. The van der Waals surface area contributed by atoms with E-state index in [-0.39, 0.29) is 0 Å². The van der Waals surface area contributed by atoms with Crippen LogP contribution in [0.4, 0.5) is 0 Å². The molecule has 0 saturated carbocycles. The van der Waals surface area contributed by atoms with Crippen LogP contribution in [0.25, 0.3) is 0 Å². The van der Waals surface area contributed by atoms with Gasteiger partial charge in [-0.15, -0.1) is 6.42 Å². The second kappa shape index (κ2) is 7.76. The van der Waals surface area contributed by atoms with E-state index in [2.05, 4.69) is 31.2 Å². The fourth-order valence-corrected chi connectivity index (χ4v) is 1.81. The van der Waals surface area contributed by atoms with Gasteiger partial charge in [-0.05, 0) is 25.5 Å². The lowest BCUT2D eigenvalue weighted by Gasteiger charge is -2.20. The summed E-state index contributed by atoms with van der Waals surface area (Å²) in [7, 11) is 0. The predicted octanol–water partition coefficient (Wildman–Crippen LogP) is 3.15. The second-order valence-electron chi connectivity index (χ2n) is 3.95. The zero-order valence-electron chi connectivity index (χ0n) is 10.7. The first-order valence-corrected chi connectivity index (χ1v) is 6.22. The van der Waals surface area contributed by atoms with Crippen LogP contribution in [0.1, 0.15) is 38.3 Å². The van der Waals surface area contributed by atoms with E-state index in [1.807, 2.05) is 18.2 Å². The number of ether oxygens (including phenoxy) is 1. The van der Waals surface area contributed by atoms with Crippen molar-refractivity contribution in [2.45, 2.75) is 32.7 Å². The van der Waals surface area contributed by atoms with Gasteiger partial charge in [0, 0.05) is 11.6 Å². The molecule has 0 radical (unpaired) electrons. The molecule has 0 bridgehead atoms. The number of rotatable bonds is 7. The summed E-state index contributed by atoms with van der Waals surface area (Å²) < 4.78 is 5.57. The summed E-state index contributed by atoms with van der Waals surface area (Å²) in [5.41, 5.74) is 1.19. The van der Waals surface area contributed by atoms with E-state index in [0.29, 0.717) is 12.6 Å². The summed E-state index contributed by atoms with van der Waals surface area (Å²) in [5.74, 6) is 3.39. The Morgan fingerprint density at radius 1 is 1.35 bits per heavy atom. The van der Waals surface area contributed by atoms with Gasteiger partial charge >= 0.3 is 0 Å². The first-order chi connectivity index (χ1) is 8.33. The highest BCUT2D eigenvalue weighted by molar-refractivity contribution is 5.36. The Hall–Kier alpha value is -1.46. The number of hydrogen-bond donors (Lipinski definition) is 1. The van der Waals surface area contributed by atoms with E-state index in [1.165, 1.54) is 5.56 Å². The number of benzene rings is 1. The molecule has 2 heteroatoms.